The Kier molecular flexibility index (Phi) is 3.71. The van der Waals surface area contributed by atoms with Crippen molar-refractivity contribution >= 4 is 16.5 Å². The summed E-state index contributed by atoms with van der Waals surface area (Å²) in [5, 5.41) is 1.43. The van der Waals surface area contributed by atoms with Crippen molar-refractivity contribution in [1.82, 2.24) is 14.5 Å². The lowest BCUT2D eigenvalue weighted by atomic mass is 9.72. The average Bonchev–Trinajstić information content (AvgIpc) is 3.12. The summed E-state index contributed by atoms with van der Waals surface area (Å²) < 4.78 is 2.19. The number of likely N-dealkylation sites (N-methyl/N-ethyl adjacent to an activating group) is 1. The number of aromatic nitrogens is 2. The smallest absolute Gasteiger partial charge is 0.0459 e. The van der Waals surface area contributed by atoms with Gasteiger partial charge in [0.2, 0.25) is 0 Å². The molecule has 3 heterocycles. The number of rotatable bonds is 3. The highest BCUT2D eigenvalue weighted by Crippen LogP contribution is 2.53. The van der Waals surface area contributed by atoms with Gasteiger partial charge in [-0.25, -0.2) is 0 Å². The molecule has 2 atom stereocenters. The lowest BCUT2D eigenvalue weighted by molar-refractivity contribution is 0.166. The first-order valence-corrected chi connectivity index (χ1v) is 11.2. The molecule has 3 nitrogen and oxygen atoms in total. The van der Waals surface area contributed by atoms with Gasteiger partial charge in [-0.3, -0.25) is 4.90 Å². The van der Waals surface area contributed by atoms with Gasteiger partial charge in [0.1, 0.15) is 0 Å². The molecule has 2 aromatic heterocycles. The van der Waals surface area contributed by atoms with Gasteiger partial charge < -0.3 is 9.55 Å². The second kappa shape index (κ2) is 6.12. The fourth-order valence-electron chi connectivity index (χ4n) is 6.22. The molecule has 2 aliphatic carbocycles. The summed E-state index contributed by atoms with van der Waals surface area (Å²) in [6.45, 7) is 3.27. The highest BCUT2D eigenvalue weighted by atomic mass is 15.2. The Bertz CT molecular complexity index is 1130. The molecular weight excluding hydrogens is 354 g/mol. The molecule has 2 unspecified atom stereocenters. The molecule has 150 valence electrons. The van der Waals surface area contributed by atoms with Crippen LogP contribution in [0.25, 0.3) is 16.5 Å². The van der Waals surface area contributed by atoms with E-state index in [0.29, 0.717) is 6.04 Å². The van der Waals surface area contributed by atoms with Gasteiger partial charge >= 0.3 is 0 Å². The van der Waals surface area contributed by atoms with Crippen LogP contribution in [0.2, 0.25) is 0 Å². The number of hydrogen-bond donors (Lipinski definition) is 1. The van der Waals surface area contributed by atoms with Gasteiger partial charge in [0, 0.05) is 54.0 Å². The molecule has 0 bridgehead atoms. The van der Waals surface area contributed by atoms with Crippen LogP contribution in [-0.2, 0) is 19.0 Å². The molecule has 29 heavy (non-hydrogen) atoms. The highest BCUT2D eigenvalue weighted by molar-refractivity contribution is 5.87. The molecule has 3 heteroatoms. The highest BCUT2D eigenvalue weighted by Gasteiger charge is 2.50. The molecule has 1 N–H and O–H groups in total. The molecule has 6 rings (SSSR count). The third kappa shape index (κ3) is 2.60. The van der Waals surface area contributed by atoms with Gasteiger partial charge in [-0.1, -0.05) is 24.1 Å². The van der Waals surface area contributed by atoms with Crippen LogP contribution in [0, 0.1) is 12.8 Å². The van der Waals surface area contributed by atoms with E-state index in [9.17, 15) is 0 Å². The van der Waals surface area contributed by atoms with Crippen LogP contribution in [0.4, 0.5) is 0 Å². The number of aromatic amines is 1. The third-order valence-corrected chi connectivity index (χ3v) is 7.72. The van der Waals surface area contributed by atoms with Gasteiger partial charge in [0.25, 0.3) is 0 Å². The Morgan fingerprint density at radius 3 is 2.79 bits per heavy atom. The first kappa shape index (κ1) is 17.6. The molecule has 0 spiro atoms. The van der Waals surface area contributed by atoms with E-state index in [1.54, 1.807) is 5.57 Å². The molecule has 3 aromatic rings. The topological polar surface area (TPSA) is 24.0 Å². The molecule has 1 aliphatic heterocycles. The van der Waals surface area contributed by atoms with Gasteiger partial charge in [0.05, 0.1) is 0 Å². The van der Waals surface area contributed by atoms with E-state index >= 15 is 0 Å². The van der Waals surface area contributed by atoms with E-state index in [-0.39, 0.29) is 5.41 Å². The second-order valence-electron chi connectivity index (χ2n) is 9.83. The van der Waals surface area contributed by atoms with Crippen LogP contribution in [-0.4, -0.2) is 27.5 Å². The van der Waals surface area contributed by atoms with Crippen LogP contribution in [0.1, 0.15) is 54.5 Å². The van der Waals surface area contributed by atoms with Crippen molar-refractivity contribution in [1.29, 1.82) is 0 Å². The standard InChI is InChI=1S/C26H31N3/c1-17-6-9-23-20(13-17)22-16-29(3)24-5-4-11-26(24,25(22)27-23)14-21(18-7-8-18)19-10-12-28(2)15-19/h6,9-10,12-15,18,24,27H,4-5,7-8,11,16H2,1-3H3. The first-order chi connectivity index (χ1) is 14.0. The zero-order valence-corrected chi connectivity index (χ0v) is 17.8. The predicted molar refractivity (Wildman–Crippen MR) is 120 cm³/mol. The minimum atomic E-state index is 0.114. The maximum Gasteiger partial charge on any atom is 0.0459 e. The van der Waals surface area contributed by atoms with Crippen LogP contribution >= 0.6 is 0 Å². The van der Waals surface area contributed by atoms with Gasteiger partial charge in [-0.15, -0.1) is 0 Å². The number of allylic oxidation sites excluding steroid dienone is 1. The molecule has 0 amide bonds. The van der Waals surface area contributed by atoms with Gasteiger partial charge in [0.15, 0.2) is 0 Å². The summed E-state index contributed by atoms with van der Waals surface area (Å²) in [6.07, 6.45) is 13.8. The predicted octanol–water partition coefficient (Wildman–Crippen LogP) is 5.54. The summed E-state index contributed by atoms with van der Waals surface area (Å²) in [4.78, 5) is 6.56. The van der Waals surface area contributed by atoms with Crippen molar-refractivity contribution < 1.29 is 0 Å². The van der Waals surface area contributed by atoms with Gasteiger partial charge in [-0.2, -0.15) is 0 Å². The van der Waals surface area contributed by atoms with Gasteiger partial charge in [-0.05, 0) is 80.5 Å². The number of benzene rings is 1. The summed E-state index contributed by atoms with van der Waals surface area (Å²) in [5.41, 5.74) is 8.83. The Labute approximate surface area is 173 Å². The Morgan fingerprint density at radius 2 is 2.03 bits per heavy atom. The van der Waals surface area contributed by atoms with Crippen molar-refractivity contribution in [2.75, 3.05) is 7.05 Å². The monoisotopic (exact) mass is 385 g/mol. The quantitative estimate of drug-likeness (QED) is 0.628. The van der Waals surface area contributed by atoms with Crippen molar-refractivity contribution in [2.24, 2.45) is 13.0 Å². The number of H-pyrrole nitrogens is 1. The van der Waals surface area contributed by atoms with E-state index in [2.05, 4.69) is 78.2 Å². The van der Waals surface area contributed by atoms with Crippen LogP contribution in [0.5, 0.6) is 0 Å². The number of aryl methyl sites for hydroxylation is 2. The summed E-state index contributed by atoms with van der Waals surface area (Å²) in [6, 6.07) is 9.81. The van der Waals surface area contributed by atoms with Crippen molar-refractivity contribution in [2.45, 2.75) is 57.0 Å². The lowest BCUT2D eigenvalue weighted by Gasteiger charge is -2.44. The van der Waals surface area contributed by atoms with Crippen molar-refractivity contribution in [3.05, 3.63) is 65.1 Å². The summed E-state index contributed by atoms with van der Waals surface area (Å²) in [5.74, 6) is 0.746. The zero-order valence-electron chi connectivity index (χ0n) is 17.8. The van der Waals surface area contributed by atoms with Crippen molar-refractivity contribution in [3.63, 3.8) is 0 Å². The molecule has 1 aromatic carbocycles. The molecule has 0 radical (unpaired) electrons. The van der Waals surface area contributed by atoms with E-state index in [1.807, 2.05) is 0 Å². The van der Waals surface area contributed by atoms with E-state index < -0.39 is 0 Å². The average molecular weight is 386 g/mol. The summed E-state index contributed by atoms with van der Waals surface area (Å²) in [7, 11) is 4.48. The first-order valence-electron chi connectivity index (χ1n) is 11.2. The normalized spacial score (nSPS) is 27.4. The molecular formula is C26H31N3. The molecule has 2 saturated carbocycles. The van der Waals surface area contributed by atoms with E-state index in [4.69, 9.17) is 0 Å². The van der Waals surface area contributed by atoms with Crippen LogP contribution in [0.3, 0.4) is 0 Å². The summed E-state index contributed by atoms with van der Waals surface area (Å²) >= 11 is 0. The number of nitrogens with one attached hydrogen (secondary N) is 1. The number of hydrogen-bond acceptors (Lipinski definition) is 1. The minimum Gasteiger partial charge on any atom is -0.357 e. The lowest BCUT2D eigenvalue weighted by Crippen LogP contribution is -2.48. The number of fused-ring (bicyclic) bond motifs is 5. The maximum absolute atomic E-state index is 3.92. The maximum atomic E-state index is 3.92. The Hall–Kier alpha value is -2.26. The van der Waals surface area contributed by atoms with Crippen LogP contribution in [0.15, 0.2) is 42.7 Å². The zero-order chi connectivity index (χ0) is 19.8. The Balaban J connectivity index is 1.59. The van der Waals surface area contributed by atoms with E-state index in [1.165, 1.54) is 65.4 Å². The Morgan fingerprint density at radius 1 is 1.17 bits per heavy atom. The van der Waals surface area contributed by atoms with Crippen molar-refractivity contribution in [3.8, 4) is 0 Å². The second-order valence-corrected chi connectivity index (χ2v) is 9.83. The fourth-order valence-corrected chi connectivity index (χ4v) is 6.22. The molecule has 2 fully saturated rings. The minimum absolute atomic E-state index is 0.114. The fraction of sp³-hybridized carbons (Fsp3) is 0.462. The third-order valence-electron chi connectivity index (χ3n) is 7.72. The van der Waals surface area contributed by atoms with E-state index in [0.717, 1.165) is 12.5 Å². The van der Waals surface area contributed by atoms with Crippen LogP contribution < -0.4 is 0 Å². The SMILES string of the molecule is Cc1ccc2[nH]c3c(c2c1)CN(C)C1CCCC31C=C(c1ccn(C)c1)C1CC1. The molecule has 3 aliphatic rings. The largest absolute Gasteiger partial charge is 0.357 e. The number of nitrogens with zero attached hydrogens (tertiary/aromatic N) is 2. The molecule has 0 saturated heterocycles.